The van der Waals surface area contributed by atoms with Gasteiger partial charge < -0.3 is 20.5 Å². The summed E-state index contributed by atoms with van der Waals surface area (Å²) >= 11 is 0. The van der Waals surface area contributed by atoms with Crippen LogP contribution in [0.3, 0.4) is 0 Å². The molecule has 0 fully saturated rings. The van der Waals surface area contributed by atoms with Crippen molar-refractivity contribution in [1.29, 1.82) is 0 Å². The zero-order chi connectivity index (χ0) is 13.9. The second-order valence-corrected chi connectivity index (χ2v) is 4.19. The van der Waals surface area contributed by atoms with E-state index in [2.05, 4.69) is 10.6 Å². The lowest BCUT2D eigenvalue weighted by Gasteiger charge is -2.10. The Kier molecular flexibility index (Phi) is 7.43. The van der Waals surface area contributed by atoms with Crippen LogP contribution < -0.4 is 15.4 Å². The molecule has 19 heavy (non-hydrogen) atoms. The molecule has 0 aliphatic carbocycles. The van der Waals surface area contributed by atoms with Crippen LogP contribution in [0.4, 0.5) is 4.79 Å². The molecule has 0 aliphatic rings. The van der Waals surface area contributed by atoms with Gasteiger partial charge in [0.1, 0.15) is 12.4 Å². The van der Waals surface area contributed by atoms with E-state index in [1.807, 2.05) is 37.3 Å². The number of aliphatic hydroxyl groups is 1. The number of carbonyl (C=O) groups excluding carboxylic acids is 1. The first-order valence-electron chi connectivity index (χ1n) is 6.60. The zero-order valence-corrected chi connectivity index (χ0v) is 11.3. The number of aliphatic hydroxyl groups excluding tert-OH is 1. The van der Waals surface area contributed by atoms with E-state index in [1.54, 1.807) is 0 Å². The summed E-state index contributed by atoms with van der Waals surface area (Å²) in [5.74, 6) is 0.788. The van der Waals surface area contributed by atoms with E-state index < -0.39 is 0 Å². The van der Waals surface area contributed by atoms with Crippen LogP contribution in [0.5, 0.6) is 5.75 Å². The molecule has 0 aromatic heterocycles. The number of benzene rings is 1. The monoisotopic (exact) mass is 266 g/mol. The van der Waals surface area contributed by atoms with Crippen molar-refractivity contribution in [2.24, 2.45) is 0 Å². The Labute approximate surface area is 114 Å². The van der Waals surface area contributed by atoms with Crippen molar-refractivity contribution in [3.63, 3.8) is 0 Å². The predicted octanol–water partition coefficient (Wildman–Crippen LogP) is 1.53. The summed E-state index contributed by atoms with van der Waals surface area (Å²) < 4.78 is 5.43. The number of urea groups is 1. The van der Waals surface area contributed by atoms with Crippen LogP contribution in [0.2, 0.25) is 0 Å². The third-order valence-electron chi connectivity index (χ3n) is 2.63. The maximum absolute atomic E-state index is 11.4. The fraction of sp³-hybridized carbons (Fsp3) is 0.500. The third kappa shape index (κ3) is 7.31. The highest BCUT2D eigenvalue weighted by Gasteiger charge is 2.02. The van der Waals surface area contributed by atoms with E-state index in [4.69, 9.17) is 4.74 Å². The maximum atomic E-state index is 11.4. The summed E-state index contributed by atoms with van der Waals surface area (Å²) in [4.78, 5) is 11.4. The van der Waals surface area contributed by atoms with Crippen molar-refractivity contribution < 1.29 is 14.6 Å². The Bertz CT molecular complexity index is 357. The molecule has 0 saturated carbocycles. The Balaban J connectivity index is 2.01. The van der Waals surface area contributed by atoms with Gasteiger partial charge in [-0.05, 0) is 25.0 Å². The minimum atomic E-state index is -0.346. The van der Waals surface area contributed by atoms with Crippen LogP contribution in [0.25, 0.3) is 0 Å². The molecule has 5 nitrogen and oxygen atoms in total. The third-order valence-corrected chi connectivity index (χ3v) is 2.63. The standard InChI is InChI=1S/C14H22N2O3/c1-2-12(17)8-9-15-14(18)16-10-11-19-13-6-4-3-5-7-13/h3-7,12,17H,2,8-11H2,1H3,(H2,15,16,18). The van der Waals surface area contributed by atoms with Crippen LogP contribution in [0.1, 0.15) is 19.8 Å². The summed E-state index contributed by atoms with van der Waals surface area (Å²) in [7, 11) is 0. The molecule has 0 bridgehead atoms. The summed E-state index contributed by atoms with van der Waals surface area (Å²) in [5, 5.41) is 14.7. The average molecular weight is 266 g/mol. The average Bonchev–Trinajstić information content (AvgIpc) is 2.44. The maximum Gasteiger partial charge on any atom is 0.314 e. The number of hydrogen-bond donors (Lipinski definition) is 3. The van der Waals surface area contributed by atoms with Crippen LogP contribution in [0, 0.1) is 0 Å². The van der Waals surface area contributed by atoms with Gasteiger partial charge in [0.2, 0.25) is 0 Å². The summed E-state index contributed by atoms with van der Waals surface area (Å²) in [6.45, 7) is 3.25. The van der Waals surface area contributed by atoms with Gasteiger partial charge in [-0.25, -0.2) is 4.79 Å². The number of hydrogen-bond acceptors (Lipinski definition) is 3. The SMILES string of the molecule is CCC(O)CCNC(=O)NCCOc1ccccc1. The lowest BCUT2D eigenvalue weighted by molar-refractivity contribution is 0.160. The normalized spacial score (nSPS) is 11.7. The Hall–Kier alpha value is -1.75. The van der Waals surface area contributed by atoms with Crippen LogP contribution in [-0.2, 0) is 0 Å². The van der Waals surface area contributed by atoms with E-state index >= 15 is 0 Å². The molecule has 1 atom stereocenters. The predicted molar refractivity (Wildman–Crippen MR) is 74.3 cm³/mol. The van der Waals surface area contributed by atoms with E-state index in [-0.39, 0.29) is 12.1 Å². The smallest absolute Gasteiger partial charge is 0.314 e. The molecule has 1 rings (SSSR count). The van der Waals surface area contributed by atoms with E-state index in [0.29, 0.717) is 32.5 Å². The highest BCUT2D eigenvalue weighted by Crippen LogP contribution is 2.07. The van der Waals surface area contributed by atoms with Crippen molar-refractivity contribution in [2.75, 3.05) is 19.7 Å². The van der Waals surface area contributed by atoms with E-state index in [0.717, 1.165) is 5.75 Å². The molecule has 2 amide bonds. The molecular formula is C14H22N2O3. The van der Waals surface area contributed by atoms with Crippen LogP contribution >= 0.6 is 0 Å². The molecule has 0 radical (unpaired) electrons. The van der Waals surface area contributed by atoms with Crippen molar-refractivity contribution in [2.45, 2.75) is 25.9 Å². The quantitative estimate of drug-likeness (QED) is 0.625. The Morgan fingerprint density at radius 1 is 1.26 bits per heavy atom. The number of amides is 2. The number of nitrogens with one attached hydrogen (secondary N) is 2. The Morgan fingerprint density at radius 3 is 2.63 bits per heavy atom. The number of rotatable bonds is 8. The van der Waals surface area contributed by atoms with Crippen molar-refractivity contribution in [3.05, 3.63) is 30.3 Å². The molecule has 5 heteroatoms. The van der Waals surface area contributed by atoms with Gasteiger partial charge in [0, 0.05) is 6.54 Å². The molecule has 1 aromatic rings. The van der Waals surface area contributed by atoms with Crippen LogP contribution in [0.15, 0.2) is 30.3 Å². The first-order chi connectivity index (χ1) is 9.22. The van der Waals surface area contributed by atoms with Gasteiger partial charge in [-0.1, -0.05) is 25.1 Å². The number of para-hydroxylation sites is 1. The summed E-state index contributed by atoms with van der Waals surface area (Å²) in [6, 6.07) is 9.21. The Morgan fingerprint density at radius 2 is 1.95 bits per heavy atom. The summed E-state index contributed by atoms with van der Waals surface area (Å²) in [6.07, 6.45) is 0.931. The van der Waals surface area contributed by atoms with Gasteiger partial charge in [-0.3, -0.25) is 0 Å². The van der Waals surface area contributed by atoms with E-state index in [9.17, 15) is 9.90 Å². The van der Waals surface area contributed by atoms with Crippen LogP contribution in [-0.4, -0.2) is 36.9 Å². The van der Waals surface area contributed by atoms with Crippen molar-refractivity contribution in [1.82, 2.24) is 10.6 Å². The van der Waals surface area contributed by atoms with Gasteiger partial charge in [0.05, 0.1) is 12.6 Å². The molecule has 0 saturated heterocycles. The topological polar surface area (TPSA) is 70.6 Å². The van der Waals surface area contributed by atoms with E-state index in [1.165, 1.54) is 0 Å². The molecule has 1 unspecified atom stereocenters. The molecule has 0 spiro atoms. The van der Waals surface area contributed by atoms with Gasteiger partial charge in [-0.2, -0.15) is 0 Å². The largest absolute Gasteiger partial charge is 0.492 e. The van der Waals surface area contributed by atoms with Crippen molar-refractivity contribution >= 4 is 6.03 Å². The number of ether oxygens (including phenoxy) is 1. The fourth-order valence-corrected chi connectivity index (χ4v) is 1.47. The molecule has 3 N–H and O–H groups in total. The zero-order valence-electron chi connectivity index (χ0n) is 11.3. The molecule has 0 aliphatic heterocycles. The van der Waals surface area contributed by atoms with Gasteiger partial charge in [0.25, 0.3) is 0 Å². The molecule has 106 valence electrons. The number of carbonyl (C=O) groups is 1. The second-order valence-electron chi connectivity index (χ2n) is 4.19. The first kappa shape index (κ1) is 15.3. The van der Waals surface area contributed by atoms with Gasteiger partial charge in [0.15, 0.2) is 0 Å². The van der Waals surface area contributed by atoms with Gasteiger partial charge >= 0.3 is 6.03 Å². The van der Waals surface area contributed by atoms with Crippen molar-refractivity contribution in [3.8, 4) is 5.75 Å². The lowest BCUT2D eigenvalue weighted by Crippen LogP contribution is -2.38. The first-order valence-corrected chi connectivity index (χ1v) is 6.60. The minimum absolute atomic E-state index is 0.236. The summed E-state index contributed by atoms with van der Waals surface area (Å²) in [5.41, 5.74) is 0. The minimum Gasteiger partial charge on any atom is -0.492 e. The molecular weight excluding hydrogens is 244 g/mol. The van der Waals surface area contributed by atoms with Gasteiger partial charge in [-0.15, -0.1) is 0 Å². The molecule has 0 heterocycles. The fourth-order valence-electron chi connectivity index (χ4n) is 1.47. The highest BCUT2D eigenvalue weighted by molar-refractivity contribution is 5.73. The highest BCUT2D eigenvalue weighted by atomic mass is 16.5. The second kappa shape index (κ2) is 9.22. The molecule has 1 aromatic carbocycles. The lowest BCUT2D eigenvalue weighted by atomic mass is 10.2.